The Hall–Kier alpha value is -1.26. The summed E-state index contributed by atoms with van der Waals surface area (Å²) in [6.07, 6.45) is 4.62. The second kappa shape index (κ2) is 7.66. The van der Waals surface area contributed by atoms with Crippen molar-refractivity contribution >= 4 is 0 Å². The van der Waals surface area contributed by atoms with Crippen LogP contribution >= 0.6 is 0 Å². The molecule has 0 amide bonds. The highest BCUT2D eigenvalue weighted by molar-refractivity contribution is 5.23. The van der Waals surface area contributed by atoms with Crippen molar-refractivity contribution in [1.82, 2.24) is 0 Å². The van der Waals surface area contributed by atoms with E-state index in [4.69, 9.17) is 0 Å². The van der Waals surface area contributed by atoms with Crippen molar-refractivity contribution < 1.29 is 18.3 Å². The smallest absolute Gasteiger partial charge is 0.295 e. The summed E-state index contributed by atoms with van der Waals surface area (Å²) < 4.78 is 33.9. The van der Waals surface area contributed by atoms with Crippen LogP contribution in [0.25, 0.3) is 0 Å². The fourth-order valence-electron chi connectivity index (χ4n) is 2.31. The second-order valence-electron chi connectivity index (χ2n) is 5.38. The number of ether oxygens (including phenoxy) is 2. The molecular weight excluding hydrogens is 274 g/mol. The number of aryl methyl sites for hydroxylation is 2. The van der Waals surface area contributed by atoms with Crippen LogP contribution in [0.15, 0.2) is 36.4 Å². The Morgan fingerprint density at radius 3 is 2.24 bits per heavy atom. The van der Waals surface area contributed by atoms with Gasteiger partial charge in [0.25, 0.3) is 0 Å². The summed E-state index contributed by atoms with van der Waals surface area (Å²) in [6, 6.07) is 8.67. The summed E-state index contributed by atoms with van der Waals surface area (Å²) in [5.41, 5.74) is 2.66. The molecule has 116 valence electrons. The zero-order chi connectivity index (χ0) is 15.1. The molecular formula is C17H22F2O2. The van der Waals surface area contributed by atoms with Gasteiger partial charge < -0.3 is 0 Å². The molecule has 0 aromatic heterocycles. The molecule has 0 unspecified atom stereocenters. The fourth-order valence-corrected chi connectivity index (χ4v) is 2.31. The summed E-state index contributed by atoms with van der Waals surface area (Å²) in [4.78, 5) is 0. The molecule has 1 fully saturated rings. The minimum absolute atomic E-state index is 0.00914. The summed E-state index contributed by atoms with van der Waals surface area (Å²) in [7, 11) is 0. The van der Waals surface area contributed by atoms with E-state index in [1.54, 1.807) is 0 Å². The van der Waals surface area contributed by atoms with Crippen molar-refractivity contribution in [2.45, 2.75) is 38.9 Å². The van der Waals surface area contributed by atoms with Crippen molar-refractivity contribution in [2.24, 2.45) is 5.92 Å². The summed E-state index contributed by atoms with van der Waals surface area (Å²) in [5.74, 6) is -0.0865. The lowest BCUT2D eigenvalue weighted by molar-refractivity contribution is -0.417. The molecule has 1 aliphatic heterocycles. The van der Waals surface area contributed by atoms with Crippen LogP contribution in [-0.2, 0) is 22.3 Å². The van der Waals surface area contributed by atoms with Crippen molar-refractivity contribution in [3.63, 3.8) is 0 Å². The Labute approximate surface area is 124 Å². The molecule has 0 bridgehead atoms. The molecule has 4 heteroatoms. The largest absolute Gasteiger partial charge is 0.485 e. The van der Waals surface area contributed by atoms with E-state index in [2.05, 4.69) is 40.7 Å². The predicted molar refractivity (Wildman–Crippen MR) is 78.2 cm³/mol. The van der Waals surface area contributed by atoms with Gasteiger partial charge in [-0.25, -0.2) is 0 Å². The molecule has 21 heavy (non-hydrogen) atoms. The Morgan fingerprint density at radius 1 is 1.10 bits per heavy atom. The summed E-state index contributed by atoms with van der Waals surface area (Å²) >= 11 is 0. The minimum atomic E-state index is -3.41. The Bertz CT molecular complexity index is 444. The van der Waals surface area contributed by atoms with Crippen LogP contribution in [0.4, 0.5) is 8.78 Å². The Balaban J connectivity index is 1.70. The first kappa shape index (κ1) is 16.1. The van der Waals surface area contributed by atoms with E-state index in [9.17, 15) is 8.78 Å². The standard InChI is InChI=1S/C17H22F2O2/c1-2-5-14-8-10-15(11-9-14)6-3-4-7-16-12-20-17(18,19)21-13-16/h4,7-11,16H,2-3,5-6,12-13H2,1H3/b7-4+. The van der Waals surface area contributed by atoms with Crippen LogP contribution in [0.2, 0.25) is 0 Å². The number of hydrogen-bond donors (Lipinski definition) is 0. The molecule has 0 radical (unpaired) electrons. The van der Waals surface area contributed by atoms with Crippen LogP contribution in [0.1, 0.15) is 30.9 Å². The lowest BCUT2D eigenvalue weighted by atomic mass is 10.0. The normalized spacial score (nSPS) is 19.2. The van der Waals surface area contributed by atoms with Gasteiger partial charge in [-0.05, 0) is 30.4 Å². The highest BCUT2D eigenvalue weighted by Gasteiger charge is 2.37. The molecule has 1 heterocycles. The van der Waals surface area contributed by atoms with Gasteiger partial charge >= 0.3 is 6.29 Å². The molecule has 1 aromatic rings. The third-order valence-corrected chi connectivity index (χ3v) is 3.50. The molecule has 1 aliphatic rings. The molecule has 0 spiro atoms. The molecule has 0 atom stereocenters. The van der Waals surface area contributed by atoms with E-state index in [1.807, 2.05) is 12.2 Å². The van der Waals surface area contributed by atoms with E-state index in [0.29, 0.717) is 0 Å². The van der Waals surface area contributed by atoms with Gasteiger partial charge in [0, 0.05) is 5.92 Å². The number of rotatable bonds is 6. The maximum atomic E-state index is 12.6. The third-order valence-electron chi connectivity index (χ3n) is 3.50. The quantitative estimate of drug-likeness (QED) is 0.727. The molecule has 2 rings (SSSR count). The molecule has 1 aromatic carbocycles. The summed E-state index contributed by atoms with van der Waals surface area (Å²) in [6.45, 7) is 2.19. The van der Waals surface area contributed by atoms with Crippen molar-refractivity contribution in [3.05, 3.63) is 47.5 Å². The van der Waals surface area contributed by atoms with Gasteiger partial charge in [0.2, 0.25) is 0 Å². The first-order chi connectivity index (χ1) is 10.1. The van der Waals surface area contributed by atoms with Crippen molar-refractivity contribution in [2.75, 3.05) is 13.2 Å². The van der Waals surface area contributed by atoms with Crippen LogP contribution in [0, 0.1) is 5.92 Å². The monoisotopic (exact) mass is 296 g/mol. The SMILES string of the molecule is CCCc1ccc(CC/C=C/C2COC(F)(F)OC2)cc1. The number of allylic oxidation sites excluding steroid dienone is 1. The van der Waals surface area contributed by atoms with E-state index < -0.39 is 6.29 Å². The lowest BCUT2D eigenvalue weighted by Crippen LogP contribution is -2.36. The van der Waals surface area contributed by atoms with Gasteiger partial charge in [-0.3, -0.25) is 9.47 Å². The highest BCUT2D eigenvalue weighted by atomic mass is 19.3. The third kappa shape index (κ3) is 5.56. The first-order valence-corrected chi connectivity index (χ1v) is 7.49. The van der Waals surface area contributed by atoms with E-state index in [-0.39, 0.29) is 19.1 Å². The topological polar surface area (TPSA) is 18.5 Å². The zero-order valence-electron chi connectivity index (χ0n) is 12.4. The second-order valence-corrected chi connectivity index (χ2v) is 5.38. The predicted octanol–water partition coefficient (Wildman–Crippen LogP) is 4.34. The number of hydrogen-bond acceptors (Lipinski definition) is 2. The Morgan fingerprint density at radius 2 is 1.67 bits per heavy atom. The summed E-state index contributed by atoms with van der Waals surface area (Å²) in [5, 5.41) is 0. The van der Waals surface area contributed by atoms with E-state index in [1.165, 1.54) is 11.1 Å². The zero-order valence-corrected chi connectivity index (χ0v) is 12.4. The van der Waals surface area contributed by atoms with Gasteiger partial charge in [-0.1, -0.05) is 49.8 Å². The first-order valence-electron chi connectivity index (χ1n) is 7.49. The number of benzene rings is 1. The van der Waals surface area contributed by atoms with Crippen molar-refractivity contribution in [1.29, 1.82) is 0 Å². The fraction of sp³-hybridized carbons (Fsp3) is 0.529. The number of alkyl halides is 2. The van der Waals surface area contributed by atoms with Crippen LogP contribution in [-0.4, -0.2) is 19.5 Å². The van der Waals surface area contributed by atoms with Crippen LogP contribution in [0.3, 0.4) is 0 Å². The van der Waals surface area contributed by atoms with Crippen LogP contribution in [0.5, 0.6) is 0 Å². The maximum Gasteiger partial charge on any atom is 0.485 e. The van der Waals surface area contributed by atoms with Gasteiger partial charge in [-0.2, -0.15) is 0 Å². The van der Waals surface area contributed by atoms with E-state index >= 15 is 0 Å². The Kier molecular flexibility index (Phi) is 5.88. The van der Waals surface area contributed by atoms with Crippen molar-refractivity contribution in [3.8, 4) is 0 Å². The average molecular weight is 296 g/mol. The van der Waals surface area contributed by atoms with Gasteiger partial charge in [0.15, 0.2) is 0 Å². The molecule has 1 saturated heterocycles. The molecule has 0 saturated carbocycles. The van der Waals surface area contributed by atoms with Gasteiger partial charge in [-0.15, -0.1) is 8.78 Å². The lowest BCUT2D eigenvalue weighted by Gasteiger charge is -2.26. The molecule has 2 nitrogen and oxygen atoms in total. The van der Waals surface area contributed by atoms with E-state index in [0.717, 1.165) is 25.7 Å². The number of halogens is 2. The van der Waals surface area contributed by atoms with Crippen LogP contribution < -0.4 is 0 Å². The maximum absolute atomic E-state index is 12.6. The highest BCUT2D eigenvalue weighted by Crippen LogP contribution is 2.24. The average Bonchev–Trinajstić information content (AvgIpc) is 2.47. The minimum Gasteiger partial charge on any atom is -0.295 e. The molecule has 0 N–H and O–H groups in total. The van der Waals surface area contributed by atoms with Gasteiger partial charge in [0.05, 0.1) is 13.2 Å². The molecule has 0 aliphatic carbocycles. The van der Waals surface area contributed by atoms with Gasteiger partial charge in [0.1, 0.15) is 0 Å².